The Labute approximate surface area is 133 Å². The minimum Gasteiger partial charge on any atom is -0.381 e. The third-order valence-corrected chi connectivity index (χ3v) is 4.91. The Bertz CT molecular complexity index is 476. The van der Waals surface area contributed by atoms with E-state index in [2.05, 4.69) is 34.8 Å². The fraction of sp³-hybridized carbons (Fsp3) is 0.714. The van der Waals surface area contributed by atoms with Crippen LogP contribution >= 0.6 is 27.5 Å². The second-order valence-corrected chi connectivity index (χ2v) is 6.66. The van der Waals surface area contributed by atoms with Gasteiger partial charge in [0.05, 0.1) is 10.2 Å². The Hall–Kier alpha value is -0.230. The molecule has 0 aliphatic carbocycles. The summed E-state index contributed by atoms with van der Waals surface area (Å²) in [5, 5.41) is 0.452. The van der Waals surface area contributed by atoms with E-state index in [-0.39, 0.29) is 0 Å². The lowest BCUT2D eigenvalue weighted by Crippen LogP contribution is -2.37. The summed E-state index contributed by atoms with van der Waals surface area (Å²) in [4.78, 5) is 9.15. The highest BCUT2D eigenvalue weighted by Gasteiger charge is 2.38. The maximum atomic E-state index is 6.26. The predicted octanol–water partition coefficient (Wildman–Crippen LogP) is 3.74. The van der Waals surface area contributed by atoms with Crippen LogP contribution in [0.2, 0.25) is 5.15 Å². The SMILES string of the molecule is COC1(c2nc(Cl)c(Br)c(CC(C)C)n2)CCOCC1. The zero-order valence-corrected chi connectivity index (χ0v) is 14.4. The molecule has 1 fully saturated rings. The number of hydrogen-bond acceptors (Lipinski definition) is 4. The van der Waals surface area contributed by atoms with Crippen molar-refractivity contribution < 1.29 is 9.47 Å². The van der Waals surface area contributed by atoms with Gasteiger partial charge in [0.25, 0.3) is 0 Å². The first-order chi connectivity index (χ1) is 9.48. The standard InChI is InChI=1S/C14H20BrClN2O2/c1-9(2)8-10-11(15)12(16)18-13(17-10)14(19-3)4-6-20-7-5-14/h9H,4-8H2,1-3H3. The maximum Gasteiger partial charge on any atom is 0.162 e. The number of aromatic nitrogens is 2. The van der Waals surface area contributed by atoms with Gasteiger partial charge >= 0.3 is 0 Å². The summed E-state index contributed by atoms with van der Waals surface area (Å²) in [6.45, 7) is 5.63. The van der Waals surface area contributed by atoms with Crippen molar-refractivity contribution in [3.8, 4) is 0 Å². The summed E-state index contributed by atoms with van der Waals surface area (Å²) in [6.07, 6.45) is 2.36. The first kappa shape index (κ1) is 16.1. The van der Waals surface area contributed by atoms with Crippen LogP contribution < -0.4 is 0 Å². The van der Waals surface area contributed by atoms with Gasteiger partial charge in [-0.05, 0) is 28.3 Å². The molecular weight excluding hydrogens is 344 g/mol. The van der Waals surface area contributed by atoms with Crippen LogP contribution in [0.1, 0.15) is 38.2 Å². The molecule has 6 heteroatoms. The van der Waals surface area contributed by atoms with Crippen molar-refractivity contribution in [3.63, 3.8) is 0 Å². The monoisotopic (exact) mass is 362 g/mol. The van der Waals surface area contributed by atoms with E-state index in [0.29, 0.717) is 30.1 Å². The maximum absolute atomic E-state index is 6.26. The summed E-state index contributed by atoms with van der Waals surface area (Å²) in [7, 11) is 1.70. The molecule has 1 aliphatic heterocycles. The zero-order valence-electron chi connectivity index (χ0n) is 12.1. The van der Waals surface area contributed by atoms with E-state index in [4.69, 9.17) is 26.1 Å². The smallest absolute Gasteiger partial charge is 0.162 e. The molecule has 1 aliphatic rings. The second kappa shape index (κ2) is 6.69. The average molecular weight is 364 g/mol. The summed E-state index contributed by atoms with van der Waals surface area (Å²) in [6, 6.07) is 0. The first-order valence-corrected chi connectivity index (χ1v) is 8.01. The highest BCUT2D eigenvalue weighted by molar-refractivity contribution is 9.10. The lowest BCUT2D eigenvalue weighted by Gasteiger charge is -2.34. The van der Waals surface area contributed by atoms with Gasteiger partial charge < -0.3 is 9.47 Å². The molecule has 0 bridgehead atoms. The molecule has 0 radical (unpaired) electrons. The van der Waals surface area contributed by atoms with Crippen LogP contribution in [-0.2, 0) is 21.5 Å². The van der Waals surface area contributed by atoms with Crippen molar-refractivity contribution in [2.24, 2.45) is 5.92 Å². The largest absolute Gasteiger partial charge is 0.381 e. The molecule has 112 valence electrons. The zero-order chi connectivity index (χ0) is 14.8. The van der Waals surface area contributed by atoms with Crippen LogP contribution in [0.4, 0.5) is 0 Å². The first-order valence-electron chi connectivity index (χ1n) is 6.84. The van der Waals surface area contributed by atoms with Gasteiger partial charge in [0, 0.05) is 33.2 Å². The number of methoxy groups -OCH3 is 1. The van der Waals surface area contributed by atoms with Gasteiger partial charge in [0.1, 0.15) is 10.8 Å². The Morgan fingerprint density at radius 1 is 1.35 bits per heavy atom. The van der Waals surface area contributed by atoms with Crippen molar-refractivity contribution in [1.82, 2.24) is 9.97 Å². The minimum absolute atomic E-state index is 0.452. The molecule has 1 saturated heterocycles. The molecular formula is C14H20BrClN2O2. The molecule has 2 heterocycles. The summed E-state index contributed by atoms with van der Waals surface area (Å²) in [5.41, 5.74) is 0.465. The third-order valence-electron chi connectivity index (χ3n) is 3.58. The lowest BCUT2D eigenvalue weighted by atomic mass is 9.92. The van der Waals surface area contributed by atoms with Crippen LogP contribution in [0.5, 0.6) is 0 Å². The van der Waals surface area contributed by atoms with Crippen molar-refractivity contribution in [2.45, 2.75) is 38.7 Å². The predicted molar refractivity (Wildman–Crippen MR) is 82.0 cm³/mol. The van der Waals surface area contributed by atoms with Gasteiger partial charge in [-0.2, -0.15) is 0 Å². The van der Waals surface area contributed by atoms with Crippen LogP contribution in [0.25, 0.3) is 0 Å². The van der Waals surface area contributed by atoms with Crippen LogP contribution in [-0.4, -0.2) is 30.3 Å². The summed E-state index contributed by atoms with van der Waals surface area (Å²) < 4.78 is 11.9. The Kier molecular flexibility index (Phi) is 5.40. The van der Waals surface area contributed by atoms with Crippen LogP contribution in [0.15, 0.2) is 4.47 Å². The van der Waals surface area contributed by atoms with Gasteiger partial charge in [-0.3, -0.25) is 0 Å². The van der Waals surface area contributed by atoms with Crippen molar-refractivity contribution in [3.05, 3.63) is 21.1 Å². The summed E-state index contributed by atoms with van der Waals surface area (Å²) >= 11 is 9.74. The Balaban J connectivity index is 2.42. The van der Waals surface area contributed by atoms with E-state index >= 15 is 0 Å². The van der Waals surface area contributed by atoms with Crippen molar-refractivity contribution >= 4 is 27.5 Å². The molecule has 1 aromatic rings. The van der Waals surface area contributed by atoms with Crippen molar-refractivity contribution in [2.75, 3.05) is 20.3 Å². The number of ether oxygens (including phenoxy) is 2. The number of halogens is 2. The molecule has 0 N–H and O–H groups in total. The van der Waals surface area contributed by atoms with Gasteiger partial charge in [-0.1, -0.05) is 25.4 Å². The van der Waals surface area contributed by atoms with E-state index in [1.807, 2.05) is 0 Å². The van der Waals surface area contributed by atoms with Crippen LogP contribution in [0, 0.1) is 5.92 Å². The second-order valence-electron chi connectivity index (χ2n) is 5.51. The van der Waals surface area contributed by atoms with Crippen molar-refractivity contribution in [1.29, 1.82) is 0 Å². The van der Waals surface area contributed by atoms with Crippen LogP contribution in [0.3, 0.4) is 0 Å². The molecule has 0 spiro atoms. The van der Waals surface area contributed by atoms with E-state index in [1.54, 1.807) is 7.11 Å². The van der Waals surface area contributed by atoms with Gasteiger partial charge in [-0.15, -0.1) is 0 Å². The number of nitrogens with zero attached hydrogens (tertiary/aromatic N) is 2. The molecule has 0 unspecified atom stereocenters. The van der Waals surface area contributed by atoms with E-state index in [0.717, 1.165) is 29.4 Å². The molecule has 2 rings (SSSR count). The van der Waals surface area contributed by atoms with E-state index in [9.17, 15) is 0 Å². The fourth-order valence-corrected chi connectivity index (χ4v) is 2.94. The molecule has 20 heavy (non-hydrogen) atoms. The van der Waals surface area contributed by atoms with Gasteiger partial charge in [0.15, 0.2) is 5.82 Å². The number of hydrogen-bond donors (Lipinski definition) is 0. The lowest BCUT2D eigenvalue weighted by molar-refractivity contribution is -0.100. The molecule has 0 amide bonds. The summed E-state index contributed by atoms with van der Waals surface area (Å²) in [5.74, 6) is 1.17. The molecule has 0 atom stereocenters. The van der Waals surface area contributed by atoms with E-state index < -0.39 is 5.60 Å². The Morgan fingerprint density at radius 2 is 2.00 bits per heavy atom. The Morgan fingerprint density at radius 3 is 2.55 bits per heavy atom. The molecule has 1 aromatic heterocycles. The molecule has 0 saturated carbocycles. The van der Waals surface area contributed by atoms with Gasteiger partial charge in [0.2, 0.25) is 0 Å². The quantitative estimate of drug-likeness (QED) is 0.764. The van der Waals surface area contributed by atoms with E-state index in [1.165, 1.54) is 0 Å². The normalized spacial score (nSPS) is 18.5. The molecule has 0 aromatic carbocycles. The third kappa shape index (κ3) is 3.32. The number of rotatable bonds is 4. The minimum atomic E-state index is -0.478. The highest BCUT2D eigenvalue weighted by Crippen LogP contribution is 2.36. The average Bonchev–Trinajstić information content (AvgIpc) is 2.44. The van der Waals surface area contributed by atoms with Gasteiger partial charge in [-0.25, -0.2) is 9.97 Å². The topological polar surface area (TPSA) is 44.2 Å². The highest BCUT2D eigenvalue weighted by atomic mass is 79.9. The molecule has 4 nitrogen and oxygen atoms in total. The fourth-order valence-electron chi connectivity index (χ4n) is 2.41.